The van der Waals surface area contributed by atoms with Crippen LogP contribution >= 0.6 is 0 Å². The maximum absolute atomic E-state index is 12.7. The van der Waals surface area contributed by atoms with Crippen molar-refractivity contribution < 1.29 is 14.3 Å². The Morgan fingerprint density at radius 3 is 1.93 bits per heavy atom. The Kier molecular flexibility index (Phi) is 6.63. The van der Waals surface area contributed by atoms with Gasteiger partial charge < -0.3 is 15.4 Å². The van der Waals surface area contributed by atoms with E-state index in [1.807, 2.05) is 24.3 Å². The second kappa shape index (κ2) is 9.55. The number of anilines is 2. The Labute approximate surface area is 170 Å². The van der Waals surface area contributed by atoms with Crippen molar-refractivity contribution in [3.05, 3.63) is 90.0 Å². The van der Waals surface area contributed by atoms with Gasteiger partial charge in [0.05, 0.1) is 12.2 Å². The molecule has 0 aliphatic carbocycles. The molecule has 0 aliphatic heterocycles. The summed E-state index contributed by atoms with van der Waals surface area (Å²) in [5.74, 6) is 0.499. The standard InChI is InChI=1S/C24H24N2O3/c1-17(2)16-29-22-11-7-6-10-21(22)24(28)26-20-14-12-19(13-15-20)25-23(27)18-8-4-3-5-9-18/h3-15,17H,16H2,1-2H3,(H,25,27)(H,26,28). The van der Waals surface area contributed by atoms with Crippen LogP contribution in [0.25, 0.3) is 0 Å². The van der Waals surface area contributed by atoms with Crippen molar-refractivity contribution in [2.45, 2.75) is 13.8 Å². The van der Waals surface area contributed by atoms with Gasteiger partial charge in [0.15, 0.2) is 0 Å². The molecule has 3 aromatic carbocycles. The van der Waals surface area contributed by atoms with Crippen molar-refractivity contribution in [3.8, 4) is 5.75 Å². The molecule has 0 radical (unpaired) electrons. The Morgan fingerprint density at radius 2 is 1.31 bits per heavy atom. The van der Waals surface area contributed by atoms with Gasteiger partial charge in [-0.3, -0.25) is 9.59 Å². The highest BCUT2D eigenvalue weighted by atomic mass is 16.5. The number of nitrogens with one attached hydrogen (secondary N) is 2. The van der Waals surface area contributed by atoms with Gasteiger partial charge >= 0.3 is 0 Å². The van der Waals surface area contributed by atoms with Crippen LogP contribution in [0, 0.1) is 5.92 Å². The summed E-state index contributed by atoms with van der Waals surface area (Å²) in [5.41, 5.74) is 2.35. The first-order chi connectivity index (χ1) is 14.0. The van der Waals surface area contributed by atoms with Crippen molar-refractivity contribution in [1.82, 2.24) is 0 Å². The number of rotatable bonds is 7. The normalized spacial score (nSPS) is 10.4. The van der Waals surface area contributed by atoms with E-state index in [0.717, 1.165) is 0 Å². The van der Waals surface area contributed by atoms with Crippen LogP contribution < -0.4 is 15.4 Å². The molecule has 5 heteroatoms. The molecule has 0 heterocycles. The van der Waals surface area contributed by atoms with Crippen LogP contribution in [0.2, 0.25) is 0 Å². The monoisotopic (exact) mass is 388 g/mol. The van der Waals surface area contributed by atoms with E-state index in [9.17, 15) is 9.59 Å². The van der Waals surface area contributed by atoms with Gasteiger partial charge in [0, 0.05) is 16.9 Å². The van der Waals surface area contributed by atoms with Crippen LogP contribution in [-0.4, -0.2) is 18.4 Å². The number of para-hydroxylation sites is 1. The van der Waals surface area contributed by atoms with E-state index in [4.69, 9.17) is 4.74 Å². The predicted octanol–water partition coefficient (Wildman–Crippen LogP) is 5.23. The Hall–Kier alpha value is -3.60. The molecule has 148 valence electrons. The Balaban J connectivity index is 1.64. The fourth-order valence-corrected chi connectivity index (χ4v) is 2.66. The summed E-state index contributed by atoms with van der Waals surface area (Å²) >= 11 is 0. The van der Waals surface area contributed by atoms with Crippen molar-refractivity contribution >= 4 is 23.2 Å². The summed E-state index contributed by atoms with van der Waals surface area (Å²) < 4.78 is 5.75. The van der Waals surface area contributed by atoms with E-state index in [2.05, 4.69) is 24.5 Å². The van der Waals surface area contributed by atoms with Crippen molar-refractivity contribution in [1.29, 1.82) is 0 Å². The van der Waals surface area contributed by atoms with E-state index >= 15 is 0 Å². The molecule has 0 aromatic heterocycles. The molecule has 0 unspecified atom stereocenters. The van der Waals surface area contributed by atoms with Crippen LogP contribution in [0.1, 0.15) is 34.6 Å². The van der Waals surface area contributed by atoms with Gasteiger partial charge in [-0.1, -0.05) is 44.2 Å². The van der Waals surface area contributed by atoms with E-state index in [1.54, 1.807) is 54.6 Å². The third kappa shape index (κ3) is 5.69. The van der Waals surface area contributed by atoms with Crippen LogP contribution in [0.15, 0.2) is 78.9 Å². The summed E-state index contributed by atoms with van der Waals surface area (Å²) in [6.45, 7) is 4.65. The molecular weight excluding hydrogens is 364 g/mol. The van der Waals surface area contributed by atoms with E-state index in [1.165, 1.54) is 0 Å². The highest BCUT2D eigenvalue weighted by Gasteiger charge is 2.13. The summed E-state index contributed by atoms with van der Waals surface area (Å²) in [6.07, 6.45) is 0. The lowest BCUT2D eigenvalue weighted by atomic mass is 10.1. The van der Waals surface area contributed by atoms with E-state index < -0.39 is 0 Å². The Morgan fingerprint density at radius 1 is 0.759 bits per heavy atom. The molecular formula is C24H24N2O3. The zero-order valence-corrected chi connectivity index (χ0v) is 16.5. The number of carbonyl (C=O) groups is 2. The second-order valence-corrected chi connectivity index (χ2v) is 7.05. The Bertz CT molecular complexity index is 967. The molecule has 29 heavy (non-hydrogen) atoms. The molecule has 0 spiro atoms. The lowest BCUT2D eigenvalue weighted by molar-refractivity contribution is 0.101. The number of ether oxygens (including phenoxy) is 1. The first-order valence-electron chi connectivity index (χ1n) is 9.52. The lowest BCUT2D eigenvalue weighted by Crippen LogP contribution is -2.15. The van der Waals surface area contributed by atoms with E-state index in [0.29, 0.717) is 40.8 Å². The van der Waals surface area contributed by atoms with Crippen molar-refractivity contribution in [3.63, 3.8) is 0 Å². The molecule has 0 saturated heterocycles. The number of benzene rings is 3. The minimum Gasteiger partial charge on any atom is -0.492 e. The first kappa shape index (κ1) is 20.1. The van der Waals surface area contributed by atoms with E-state index in [-0.39, 0.29) is 11.8 Å². The maximum Gasteiger partial charge on any atom is 0.259 e. The van der Waals surface area contributed by atoms with Crippen molar-refractivity contribution in [2.75, 3.05) is 17.2 Å². The molecule has 0 fully saturated rings. The van der Waals surface area contributed by atoms with Crippen molar-refractivity contribution in [2.24, 2.45) is 5.92 Å². The zero-order valence-electron chi connectivity index (χ0n) is 16.5. The maximum atomic E-state index is 12.7. The third-order valence-electron chi connectivity index (χ3n) is 4.14. The molecule has 3 aromatic rings. The highest BCUT2D eigenvalue weighted by Crippen LogP contribution is 2.21. The molecule has 2 amide bonds. The topological polar surface area (TPSA) is 67.4 Å². The van der Waals surface area contributed by atoms with Gasteiger partial charge in [-0.2, -0.15) is 0 Å². The quantitative estimate of drug-likeness (QED) is 0.583. The van der Waals surface area contributed by atoms with Gasteiger partial charge in [0.1, 0.15) is 5.75 Å². The average Bonchev–Trinajstić information content (AvgIpc) is 2.74. The molecule has 0 atom stereocenters. The number of carbonyl (C=O) groups excluding carboxylic acids is 2. The predicted molar refractivity (Wildman–Crippen MR) is 116 cm³/mol. The summed E-state index contributed by atoms with van der Waals surface area (Å²) in [4.78, 5) is 24.9. The van der Waals surface area contributed by atoms with Crippen LogP contribution in [0.3, 0.4) is 0 Å². The molecule has 5 nitrogen and oxygen atoms in total. The highest BCUT2D eigenvalue weighted by molar-refractivity contribution is 6.07. The number of hydrogen-bond acceptors (Lipinski definition) is 3. The minimum absolute atomic E-state index is 0.182. The smallest absolute Gasteiger partial charge is 0.259 e. The van der Waals surface area contributed by atoms with Gasteiger partial charge in [-0.05, 0) is 54.4 Å². The van der Waals surface area contributed by atoms with Crippen LogP contribution in [-0.2, 0) is 0 Å². The summed E-state index contributed by atoms with van der Waals surface area (Å²) in [5, 5.41) is 5.70. The summed E-state index contributed by atoms with van der Waals surface area (Å²) in [6, 6.07) is 23.2. The second-order valence-electron chi connectivity index (χ2n) is 7.05. The molecule has 0 aliphatic rings. The molecule has 0 saturated carbocycles. The molecule has 2 N–H and O–H groups in total. The van der Waals surface area contributed by atoms with Crippen LogP contribution in [0.4, 0.5) is 11.4 Å². The van der Waals surface area contributed by atoms with Gasteiger partial charge in [-0.25, -0.2) is 0 Å². The molecule has 0 bridgehead atoms. The SMILES string of the molecule is CC(C)COc1ccccc1C(=O)Nc1ccc(NC(=O)c2ccccc2)cc1. The first-order valence-corrected chi connectivity index (χ1v) is 9.52. The average molecular weight is 388 g/mol. The third-order valence-corrected chi connectivity index (χ3v) is 4.14. The minimum atomic E-state index is -0.245. The number of hydrogen-bond donors (Lipinski definition) is 2. The van der Waals surface area contributed by atoms with Gasteiger partial charge in [0.2, 0.25) is 0 Å². The zero-order chi connectivity index (χ0) is 20.6. The van der Waals surface area contributed by atoms with Gasteiger partial charge in [0.25, 0.3) is 11.8 Å². The largest absolute Gasteiger partial charge is 0.492 e. The fraction of sp³-hybridized carbons (Fsp3) is 0.167. The van der Waals surface area contributed by atoms with Crippen LogP contribution in [0.5, 0.6) is 5.75 Å². The fourth-order valence-electron chi connectivity index (χ4n) is 2.66. The number of amides is 2. The lowest BCUT2D eigenvalue weighted by Gasteiger charge is -2.13. The molecule has 3 rings (SSSR count). The summed E-state index contributed by atoms with van der Waals surface area (Å²) in [7, 11) is 0. The van der Waals surface area contributed by atoms with Gasteiger partial charge in [-0.15, -0.1) is 0 Å².